The molecule has 0 unspecified atom stereocenters. The minimum atomic E-state index is -0.0511. The molecule has 108 valence electrons. The first-order chi connectivity index (χ1) is 10.0. The predicted octanol–water partition coefficient (Wildman–Crippen LogP) is 5.21. The summed E-state index contributed by atoms with van der Waals surface area (Å²) in [5, 5.41) is 0.724. The largest absolute Gasteiger partial charge is 0.333 e. The van der Waals surface area contributed by atoms with Gasteiger partial charge in [-0.25, -0.2) is 4.98 Å². The van der Waals surface area contributed by atoms with Crippen molar-refractivity contribution in [2.24, 2.45) is 0 Å². The van der Waals surface area contributed by atoms with Gasteiger partial charge in [0.1, 0.15) is 4.34 Å². The van der Waals surface area contributed by atoms with Crippen LogP contribution >= 0.6 is 46.3 Å². The molecule has 0 bridgehead atoms. The lowest BCUT2D eigenvalue weighted by atomic mass is 10.2. The van der Waals surface area contributed by atoms with Gasteiger partial charge in [0.2, 0.25) is 0 Å². The summed E-state index contributed by atoms with van der Waals surface area (Å²) in [6, 6.07) is 7.61. The number of fused-ring (bicyclic) bond motifs is 1. The molecule has 2 aromatic heterocycles. The van der Waals surface area contributed by atoms with Crippen LogP contribution in [0, 0.1) is 6.92 Å². The molecule has 3 nitrogen and oxygen atoms in total. The van der Waals surface area contributed by atoms with E-state index in [9.17, 15) is 4.79 Å². The third-order valence-electron chi connectivity index (χ3n) is 2.91. The summed E-state index contributed by atoms with van der Waals surface area (Å²) in [5.74, 6) is 0.218. The summed E-state index contributed by atoms with van der Waals surface area (Å²) < 4.78 is 0.957. The average Bonchev–Trinajstić information content (AvgIpc) is 2.98. The lowest BCUT2D eigenvalue weighted by Crippen LogP contribution is -2.01. The number of rotatable bonds is 4. The van der Waals surface area contributed by atoms with Gasteiger partial charge in [0.05, 0.1) is 21.1 Å². The summed E-state index contributed by atoms with van der Waals surface area (Å²) in [5.41, 5.74) is 3.51. The third kappa shape index (κ3) is 3.26. The Balaban J connectivity index is 1.74. The number of hydrogen-bond acceptors (Lipinski definition) is 4. The normalized spacial score (nSPS) is 11.2. The first kappa shape index (κ1) is 14.9. The van der Waals surface area contributed by atoms with Gasteiger partial charge in [-0.3, -0.25) is 4.79 Å². The SMILES string of the molecule is Cc1ccc2nc(SCC(=O)c3cc(Cl)sc3Cl)[nH]c2c1. The van der Waals surface area contributed by atoms with Crippen LogP contribution in [0.3, 0.4) is 0 Å². The Labute approximate surface area is 139 Å². The number of halogens is 2. The third-order valence-corrected chi connectivity index (χ3v) is 5.27. The number of carbonyl (C=O) groups is 1. The zero-order valence-electron chi connectivity index (χ0n) is 10.9. The van der Waals surface area contributed by atoms with Crippen molar-refractivity contribution in [3.8, 4) is 0 Å². The van der Waals surface area contributed by atoms with E-state index in [0.29, 0.717) is 14.2 Å². The Morgan fingerprint density at radius 1 is 1.38 bits per heavy atom. The number of aromatic amines is 1. The van der Waals surface area contributed by atoms with Crippen molar-refractivity contribution in [3.05, 3.63) is 44.1 Å². The predicted molar refractivity (Wildman–Crippen MR) is 90.2 cm³/mol. The Hall–Kier alpha value is -1.01. The lowest BCUT2D eigenvalue weighted by Gasteiger charge is -1.97. The fraction of sp³-hybridized carbons (Fsp3) is 0.143. The van der Waals surface area contributed by atoms with Gasteiger partial charge in [0.15, 0.2) is 10.9 Å². The van der Waals surface area contributed by atoms with Crippen molar-refractivity contribution in [2.75, 3.05) is 5.75 Å². The summed E-state index contributed by atoms with van der Waals surface area (Å²) >= 11 is 14.4. The molecule has 7 heteroatoms. The van der Waals surface area contributed by atoms with Crippen molar-refractivity contribution in [2.45, 2.75) is 12.1 Å². The van der Waals surface area contributed by atoms with Crippen LogP contribution in [-0.4, -0.2) is 21.5 Å². The number of imidazole rings is 1. The number of H-pyrrole nitrogens is 1. The molecule has 0 spiro atoms. The van der Waals surface area contributed by atoms with Gasteiger partial charge in [-0.15, -0.1) is 11.3 Å². The number of Topliss-reactive ketones (excluding diaryl/α,β-unsaturated/α-hetero) is 1. The highest BCUT2D eigenvalue weighted by atomic mass is 35.5. The number of benzene rings is 1. The zero-order valence-corrected chi connectivity index (χ0v) is 14.1. The van der Waals surface area contributed by atoms with E-state index in [4.69, 9.17) is 23.2 Å². The van der Waals surface area contributed by atoms with E-state index in [1.165, 1.54) is 28.7 Å². The minimum Gasteiger partial charge on any atom is -0.333 e. The van der Waals surface area contributed by atoms with Crippen molar-refractivity contribution >= 4 is 63.1 Å². The topological polar surface area (TPSA) is 45.8 Å². The van der Waals surface area contributed by atoms with Crippen molar-refractivity contribution in [1.29, 1.82) is 0 Å². The molecule has 1 N–H and O–H groups in total. The molecule has 0 radical (unpaired) electrons. The minimum absolute atomic E-state index is 0.0511. The molecule has 0 aliphatic heterocycles. The summed E-state index contributed by atoms with van der Waals surface area (Å²) in [6.07, 6.45) is 0. The highest BCUT2D eigenvalue weighted by Crippen LogP contribution is 2.32. The monoisotopic (exact) mass is 356 g/mol. The second kappa shape index (κ2) is 6.01. The van der Waals surface area contributed by atoms with Gasteiger partial charge in [0.25, 0.3) is 0 Å². The summed E-state index contributed by atoms with van der Waals surface area (Å²) in [6.45, 7) is 2.03. The van der Waals surface area contributed by atoms with Gasteiger partial charge in [-0.2, -0.15) is 0 Å². The molecular weight excluding hydrogens is 347 g/mol. The van der Waals surface area contributed by atoms with Crippen LogP contribution in [-0.2, 0) is 0 Å². The maximum absolute atomic E-state index is 12.1. The molecule has 0 atom stereocenters. The Morgan fingerprint density at radius 2 is 2.19 bits per heavy atom. The molecule has 3 rings (SSSR count). The fourth-order valence-electron chi connectivity index (χ4n) is 1.91. The fourth-order valence-corrected chi connectivity index (χ4v) is 4.18. The molecule has 3 aromatic rings. The van der Waals surface area contributed by atoms with Gasteiger partial charge < -0.3 is 4.98 Å². The Morgan fingerprint density at radius 3 is 2.90 bits per heavy atom. The van der Waals surface area contributed by atoms with Crippen LogP contribution in [0.25, 0.3) is 11.0 Å². The van der Waals surface area contributed by atoms with E-state index in [-0.39, 0.29) is 11.5 Å². The Bertz CT molecular complexity index is 826. The van der Waals surface area contributed by atoms with Crippen LogP contribution in [0.4, 0.5) is 0 Å². The summed E-state index contributed by atoms with van der Waals surface area (Å²) in [4.78, 5) is 19.8. The van der Waals surface area contributed by atoms with Crippen LogP contribution < -0.4 is 0 Å². The van der Waals surface area contributed by atoms with Gasteiger partial charge in [0, 0.05) is 5.56 Å². The molecule has 1 aromatic carbocycles. The highest BCUT2D eigenvalue weighted by Gasteiger charge is 2.15. The number of ketones is 1. The number of thioether (sulfide) groups is 1. The first-order valence-electron chi connectivity index (χ1n) is 6.10. The zero-order chi connectivity index (χ0) is 15.0. The number of aromatic nitrogens is 2. The number of hydrogen-bond donors (Lipinski definition) is 1. The maximum atomic E-state index is 12.1. The quantitative estimate of drug-likeness (QED) is 0.515. The number of aryl methyl sites for hydroxylation is 1. The van der Waals surface area contributed by atoms with E-state index >= 15 is 0 Å². The molecule has 0 amide bonds. The van der Waals surface area contributed by atoms with Crippen LogP contribution in [0.1, 0.15) is 15.9 Å². The number of thiophene rings is 1. The highest BCUT2D eigenvalue weighted by molar-refractivity contribution is 7.99. The molecule has 0 fully saturated rings. The van der Waals surface area contributed by atoms with Crippen molar-refractivity contribution in [3.63, 3.8) is 0 Å². The van der Waals surface area contributed by atoms with Gasteiger partial charge in [-0.1, -0.05) is 41.0 Å². The standard InChI is InChI=1S/C14H10Cl2N2OS2/c1-7-2-3-9-10(4-7)18-14(17-9)20-6-11(19)8-5-12(15)21-13(8)16/h2-5H,6H2,1H3,(H,17,18). The van der Waals surface area contributed by atoms with Crippen LogP contribution in [0.15, 0.2) is 29.4 Å². The van der Waals surface area contributed by atoms with Gasteiger partial charge in [-0.05, 0) is 30.7 Å². The number of carbonyl (C=O) groups excluding carboxylic acids is 1. The lowest BCUT2D eigenvalue weighted by molar-refractivity contribution is 0.102. The molecule has 21 heavy (non-hydrogen) atoms. The maximum Gasteiger partial charge on any atom is 0.175 e. The van der Waals surface area contributed by atoms with Crippen molar-refractivity contribution < 1.29 is 4.79 Å². The van der Waals surface area contributed by atoms with E-state index in [1.807, 2.05) is 25.1 Å². The van der Waals surface area contributed by atoms with E-state index < -0.39 is 0 Å². The van der Waals surface area contributed by atoms with Gasteiger partial charge >= 0.3 is 0 Å². The Kier molecular flexibility index (Phi) is 4.26. The van der Waals surface area contributed by atoms with E-state index in [2.05, 4.69) is 9.97 Å². The average molecular weight is 357 g/mol. The molecule has 0 aliphatic rings. The second-order valence-corrected chi connectivity index (χ2v) is 7.76. The second-order valence-electron chi connectivity index (χ2n) is 4.51. The smallest absolute Gasteiger partial charge is 0.175 e. The summed E-state index contributed by atoms with van der Waals surface area (Å²) in [7, 11) is 0. The van der Waals surface area contributed by atoms with Crippen LogP contribution in [0.5, 0.6) is 0 Å². The number of nitrogens with zero attached hydrogens (tertiary/aromatic N) is 1. The number of nitrogens with one attached hydrogen (secondary N) is 1. The van der Waals surface area contributed by atoms with E-state index in [1.54, 1.807) is 6.07 Å². The van der Waals surface area contributed by atoms with Crippen LogP contribution in [0.2, 0.25) is 8.67 Å². The van der Waals surface area contributed by atoms with E-state index in [0.717, 1.165) is 16.2 Å². The molecule has 0 aliphatic carbocycles. The van der Waals surface area contributed by atoms with Crippen molar-refractivity contribution in [1.82, 2.24) is 9.97 Å². The molecule has 0 saturated heterocycles. The molecule has 0 saturated carbocycles. The first-order valence-corrected chi connectivity index (χ1v) is 8.66. The molecule has 2 heterocycles. The molecular formula is C14H10Cl2N2OS2.